The molecule has 8 heteroatoms. The average Bonchev–Trinajstić information content (AvgIpc) is 2.98. The first kappa shape index (κ1) is 32.6. The lowest BCUT2D eigenvalue weighted by atomic mass is 9.77. The van der Waals surface area contributed by atoms with Crippen molar-refractivity contribution in [3.05, 3.63) is 88.8 Å². The number of ether oxygens (including phenoxy) is 1. The van der Waals surface area contributed by atoms with Gasteiger partial charge in [0.2, 0.25) is 11.8 Å². The normalized spacial score (nSPS) is 23.5. The molecule has 240 valence electrons. The van der Waals surface area contributed by atoms with Gasteiger partial charge in [-0.15, -0.1) is 0 Å². The second-order valence-electron chi connectivity index (χ2n) is 14.3. The minimum Gasteiger partial charge on any atom is -0.369 e. The van der Waals surface area contributed by atoms with Crippen LogP contribution in [0.4, 0.5) is 10.1 Å². The number of piperidine rings is 1. The van der Waals surface area contributed by atoms with Crippen LogP contribution in [-0.2, 0) is 19.7 Å². The van der Waals surface area contributed by atoms with Crippen LogP contribution in [-0.4, -0.2) is 65.4 Å². The molecule has 5 rings (SSSR count). The highest BCUT2D eigenvalue weighted by atomic mass is 19.1. The highest BCUT2D eigenvalue weighted by Crippen LogP contribution is 2.37. The van der Waals surface area contributed by atoms with E-state index in [4.69, 9.17) is 4.74 Å². The van der Waals surface area contributed by atoms with Gasteiger partial charge in [0.15, 0.2) is 0 Å². The van der Waals surface area contributed by atoms with Crippen molar-refractivity contribution in [2.24, 2.45) is 11.8 Å². The van der Waals surface area contributed by atoms with Gasteiger partial charge in [0.05, 0.1) is 29.7 Å². The van der Waals surface area contributed by atoms with Crippen molar-refractivity contribution in [1.82, 2.24) is 9.80 Å². The van der Waals surface area contributed by atoms with Gasteiger partial charge in [-0.25, -0.2) is 4.39 Å². The van der Waals surface area contributed by atoms with E-state index in [0.717, 1.165) is 16.8 Å². The van der Waals surface area contributed by atoms with Crippen molar-refractivity contribution < 1.29 is 23.5 Å². The first-order chi connectivity index (χ1) is 21.3. The Morgan fingerprint density at radius 1 is 1.13 bits per heavy atom. The third-order valence-corrected chi connectivity index (χ3v) is 9.42. The smallest absolute Gasteiger partial charge is 0.257 e. The largest absolute Gasteiger partial charge is 0.369 e. The van der Waals surface area contributed by atoms with Crippen molar-refractivity contribution in [3.63, 3.8) is 0 Å². The molecule has 0 bridgehead atoms. The predicted octanol–water partition coefficient (Wildman–Crippen LogP) is 6.43. The Morgan fingerprint density at radius 2 is 1.89 bits per heavy atom. The zero-order chi connectivity index (χ0) is 32.5. The molecule has 0 radical (unpaired) electrons. The molecule has 0 spiro atoms. The summed E-state index contributed by atoms with van der Waals surface area (Å²) in [5, 5.41) is 3.15. The standard InChI is InChI=1S/C37H46FN3O4/c1-24-10-7-14-30(38)32(24)35(44)40-19-9-13-29(34(43)39-28-12-8-11-27(20-28)36(2,3)4)33(40)26-17-15-25(16-18-26)21-41-31(42)22-45-23-37(41,5)6/h7-8,10-12,14-17,20,26,29,33H,9,13,18-19,21-23H2,1-6H3,(H,39,43)/t26?,29-,33-/m0/s1. The number of benzene rings is 2. The number of carbonyl (C=O) groups excluding carboxylic acids is 3. The zero-order valence-corrected chi connectivity index (χ0v) is 27.4. The third kappa shape index (κ3) is 7.06. The molecule has 45 heavy (non-hydrogen) atoms. The van der Waals surface area contributed by atoms with Gasteiger partial charge in [0, 0.05) is 24.7 Å². The number of anilines is 1. The molecule has 3 amide bonds. The number of amides is 3. The van der Waals surface area contributed by atoms with Crippen LogP contribution in [0.2, 0.25) is 0 Å². The molecular weight excluding hydrogens is 569 g/mol. The number of aryl methyl sites for hydroxylation is 1. The minimum atomic E-state index is -0.552. The molecule has 1 N–H and O–H groups in total. The number of carbonyl (C=O) groups is 3. The second kappa shape index (κ2) is 12.9. The van der Waals surface area contributed by atoms with Crippen molar-refractivity contribution in [1.29, 1.82) is 0 Å². The van der Waals surface area contributed by atoms with Crippen LogP contribution in [0.5, 0.6) is 0 Å². The van der Waals surface area contributed by atoms with Gasteiger partial charge in [0.1, 0.15) is 12.4 Å². The van der Waals surface area contributed by atoms with E-state index in [1.165, 1.54) is 6.07 Å². The Balaban J connectivity index is 1.43. The number of likely N-dealkylation sites (tertiary alicyclic amines) is 1. The van der Waals surface area contributed by atoms with E-state index in [9.17, 15) is 14.4 Å². The lowest BCUT2D eigenvalue weighted by molar-refractivity contribution is -0.154. The lowest BCUT2D eigenvalue weighted by Gasteiger charge is -2.45. The van der Waals surface area contributed by atoms with Crippen molar-refractivity contribution in [3.8, 4) is 0 Å². The summed E-state index contributed by atoms with van der Waals surface area (Å²) in [5.74, 6) is -1.76. The highest BCUT2D eigenvalue weighted by molar-refractivity contribution is 5.98. The Kier molecular flexibility index (Phi) is 9.36. The maximum atomic E-state index is 15.1. The molecule has 2 heterocycles. The third-order valence-electron chi connectivity index (χ3n) is 9.42. The molecule has 2 aromatic rings. The molecule has 3 aliphatic rings. The van der Waals surface area contributed by atoms with Gasteiger partial charge in [0.25, 0.3) is 5.91 Å². The number of hydrogen-bond donors (Lipinski definition) is 1. The minimum absolute atomic E-state index is 0.0424. The molecule has 2 fully saturated rings. The summed E-state index contributed by atoms with van der Waals surface area (Å²) in [7, 11) is 0. The molecule has 7 nitrogen and oxygen atoms in total. The molecule has 0 aromatic heterocycles. The Hall–Kier alpha value is -3.78. The second-order valence-corrected chi connectivity index (χ2v) is 14.3. The van der Waals surface area contributed by atoms with Crippen molar-refractivity contribution in [2.75, 3.05) is 31.6 Å². The maximum absolute atomic E-state index is 15.1. The van der Waals surface area contributed by atoms with Gasteiger partial charge in [-0.1, -0.05) is 63.3 Å². The number of allylic oxidation sites excluding steroid dienone is 1. The topological polar surface area (TPSA) is 79.0 Å². The fourth-order valence-electron chi connectivity index (χ4n) is 6.83. The first-order valence-corrected chi connectivity index (χ1v) is 16.0. The van der Waals surface area contributed by atoms with E-state index in [2.05, 4.69) is 44.3 Å². The quantitative estimate of drug-likeness (QED) is 0.406. The summed E-state index contributed by atoms with van der Waals surface area (Å²) in [5.41, 5.74) is 2.98. The van der Waals surface area contributed by atoms with E-state index in [1.807, 2.05) is 43.0 Å². The van der Waals surface area contributed by atoms with E-state index in [0.29, 0.717) is 44.5 Å². The number of nitrogens with one attached hydrogen (secondary N) is 1. The van der Waals surface area contributed by atoms with Gasteiger partial charge < -0.3 is 19.9 Å². The molecule has 0 saturated carbocycles. The molecule has 2 aromatic carbocycles. The Labute approximate surface area is 266 Å². The molecule has 2 aliphatic heterocycles. The van der Waals surface area contributed by atoms with Gasteiger partial charge in [-0.2, -0.15) is 0 Å². The summed E-state index contributed by atoms with van der Waals surface area (Å²) in [6.07, 6.45) is 8.04. The van der Waals surface area contributed by atoms with E-state index in [1.54, 1.807) is 24.0 Å². The zero-order valence-electron chi connectivity index (χ0n) is 27.4. The van der Waals surface area contributed by atoms with Crippen LogP contribution in [0.1, 0.15) is 75.4 Å². The number of halogens is 1. The SMILES string of the molecule is Cc1cccc(F)c1C(=O)N1CCC[C@H](C(=O)Nc2cccc(C(C)(C)C)c2)[C@@H]1C1C=CC(CN2C(=O)COCC2(C)C)=CC1. The van der Waals surface area contributed by atoms with Gasteiger partial charge in [-0.3, -0.25) is 14.4 Å². The summed E-state index contributed by atoms with van der Waals surface area (Å²) in [6.45, 7) is 13.6. The van der Waals surface area contributed by atoms with E-state index < -0.39 is 23.3 Å². The molecular formula is C37H46FN3O4. The maximum Gasteiger partial charge on any atom is 0.257 e. The van der Waals surface area contributed by atoms with Crippen LogP contribution < -0.4 is 5.32 Å². The summed E-state index contributed by atoms with van der Waals surface area (Å²) in [4.78, 5) is 44.4. The molecule has 3 atom stereocenters. The lowest BCUT2D eigenvalue weighted by Crippen LogP contribution is -2.56. The average molecular weight is 616 g/mol. The molecule has 1 unspecified atom stereocenters. The van der Waals surface area contributed by atoms with E-state index in [-0.39, 0.29) is 41.2 Å². The number of hydrogen-bond acceptors (Lipinski definition) is 4. The van der Waals surface area contributed by atoms with Gasteiger partial charge in [-0.05, 0) is 80.3 Å². The van der Waals surface area contributed by atoms with Crippen molar-refractivity contribution in [2.45, 2.75) is 77.8 Å². The number of nitrogens with zero attached hydrogens (tertiary/aromatic N) is 2. The van der Waals surface area contributed by atoms with E-state index >= 15 is 4.39 Å². The fraction of sp³-hybridized carbons (Fsp3) is 0.486. The van der Waals surface area contributed by atoms with Crippen LogP contribution >= 0.6 is 0 Å². The first-order valence-electron chi connectivity index (χ1n) is 16.0. The Morgan fingerprint density at radius 3 is 2.56 bits per heavy atom. The van der Waals surface area contributed by atoms with Gasteiger partial charge >= 0.3 is 0 Å². The summed E-state index contributed by atoms with van der Waals surface area (Å²) >= 11 is 0. The van der Waals surface area contributed by atoms with Crippen LogP contribution in [0.3, 0.4) is 0 Å². The number of morpholine rings is 1. The fourth-order valence-corrected chi connectivity index (χ4v) is 6.83. The van der Waals surface area contributed by atoms with Crippen LogP contribution in [0, 0.1) is 24.6 Å². The Bertz CT molecular complexity index is 1500. The monoisotopic (exact) mass is 615 g/mol. The number of rotatable bonds is 6. The summed E-state index contributed by atoms with van der Waals surface area (Å²) in [6, 6.07) is 12.1. The summed E-state index contributed by atoms with van der Waals surface area (Å²) < 4.78 is 20.5. The molecule has 2 saturated heterocycles. The van der Waals surface area contributed by atoms with Crippen molar-refractivity contribution >= 4 is 23.4 Å². The molecule has 1 aliphatic carbocycles. The highest BCUT2D eigenvalue weighted by Gasteiger charge is 2.43. The van der Waals surface area contributed by atoms with Crippen LogP contribution in [0.15, 0.2) is 66.3 Å². The predicted molar refractivity (Wildman–Crippen MR) is 174 cm³/mol. The van der Waals surface area contributed by atoms with Crippen LogP contribution in [0.25, 0.3) is 0 Å².